The molecular weight excluding hydrogens is 326 g/mol. The SMILES string of the molecule is O=C(N[C@H]1CC[NH+](Cc2ccccc2)C1)c1cnn(-c2ccccc2)n1. The molecule has 0 saturated carbocycles. The molecule has 1 aliphatic heterocycles. The zero-order valence-electron chi connectivity index (χ0n) is 14.5. The average Bonchev–Trinajstić information content (AvgIpc) is 3.33. The van der Waals surface area contributed by atoms with Crippen LogP contribution in [0.5, 0.6) is 0 Å². The van der Waals surface area contributed by atoms with Crippen molar-refractivity contribution in [2.45, 2.75) is 19.0 Å². The van der Waals surface area contributed by atoms with Gasteiger partial charge in [-0.15, -0.1) is 5.10 Å². The third-order valence-electron chi connectivity index (χ3n) is 4.73. The highest BCUT2D eigenvalue weighted by atomic mass is 16.2. The van der Waals surface area contributed by atoms with Crippen LogP contribution >= 0.6 is 0 Å². The van der Waals surface area contributed by atoms with Gasteiger partial charge in [-0.1, -0.05) is 48.5 Å². The van der Waals surface area contributed by atoms with Gasteiger partial charge >= 0.3 is 0 Å². The summed E-state index contributed by atoms with van der Waals surface area (Å²) in [4.78, 5) is 15.5. The van der Waals surface area contributed by atoms with Gasteiger partial charge in [0.05, 0.1) is 31.0 Å². The van der Waals surface area contributed by atoms with Gasteiger partial charge in [0.1, 0.15) is 6.54 Å². The lowest BCUT2D eigenvalue weighted by molar-refractivity contribution is -0.901. The summed E-state index contributed by atoms with van der Waals surface area (Å²) in [5.74, 6) is -0.154. The molecule has 2 aromatic carbocycles. The van der Waals surface area contributed by atoms with Crippen LogP contribution in [0.4, 0.5) is 0 Å². The number of benzene rings is 2. The van der Waals surface area contributed by atoms with Crippen LogP contribution in [0.15, 0.2) is 66.9 Å². The maximum absolute atomic E-state index is 12.5. The Balaban J connectivity index is 1.33. The van der Waals surface area contributed by atoms with E-state index in [1.54, 1.807) is 0 Å². The third-order valence-corrected chi connectivity index (χ3v) is 4.73. The van der Waals surface area contributed by atoms with Crippen molar-refractivity contribution in [3.8, 4) is 5.69 Å². The van der Waals surface area contributed by atoms with Crippen molar-refractivity contribution >= 4 is 5.91 Å². The van der Waals surface area contributed by atoms with Gasteiger partial charge in [0, 0.05) is 12.0 Å². The van der Waals surface area contributed by atoms with Gasteiger partial charge < -0.3 is 10.2 Å². The summed E-state index contributed by atoms with van der Waals surface area (Å²) in [5.41, 5.74) is 2.52. The molecule has 0 radical (unpaired) electrons. The van der Waals surface area contributed by atoms with Gasteiger partial charge in [0.25, 0.3) is 5.91 Å². The molecule has 4 rings (SSSR count). The first-order chi connectivity index (χ1) is 12.8. The summed E-state index contributed by atoms with van der Waals surface area (Å²) in [6.07, 6.45) is 2.51. The molecule has 0 aliphatic carbocycles. The van der Waals surface area contributed by atoms with Crippen molar-refractivity contribution in [1.82, 2.24) is 20.3 Å². The second-order valence-electron chi connectivity index (χ2n) is 6.68. The molecule has 132 valence electrons. The number of amides is 1. The van der Waals surface area contributed by atoms with Gasteiger partial charge in [-0.2, -0.15) is 9.90 Å². The number of para-hydroxylation sites is 1. The minimum atomic E-state index is -0.154. The highest BCUT2D eigenvalue weighted by Crippen LogP contribution is 2.05. The van der Waals surface area contributed by atoms with Gasteiger partial charge in [0.15, 0.2) is 5.69 Å². The van der Waals surface area contributed by atoms with Crippen molar-refractivity contribution in [1.29, 1.82) is 0 Å². The number of nitrogens with zero attached hydrogens (tertiary/aromatic N) is 3. The molecule has 26 heavy (non-hydrogen) atoms. The zero-order valence-corrected chi connectivity index (χ0v) is 14.5. The van der Waals surface area contributed by atoms with Gasteiger partial charge in [-0.3, -0.25) is 4.79 Å². The molecule has 0 bridgehead atoms. The van der Waals surface area contributed by atoms with E-state index in [9.17, 15) is 4.79 Å². The molecule has 1 aliphatic rings. The smallest absolute Gasteiger partial charge is 0.273 e. The lowest BCUT2D eigenvalue weighted by Crippen LogP contribution is -3.09. The second kappa shape index (κ2) is 7.49. The first-order valence-corrected chi connectivity index (χ1v) is 8.94. The van der Waals surface area contributed by atoms with Crippen LogP contribution < -0.4 is 10.2 Å². The zero-order chi connectivity index (χ0) is 17.8. The lowest BCUT2D eigenvalue weighted by atomic mass is 10.2. The van der Waals surface area contributed by atoms with Crippen molar-refractivity contribution in [3.63, 3.8) is 0 Å². The largest absolute Gasteiger partial charge is 0.342 e. The van der Waals surface area contributed by atoms with Crippen molar-refractivity contribution < 1.29 is 9.69 Å². The Morgan fingerprint density at radius 1 is 1.12 bits per heavy atom. The summed E-state index contributed by atoms with van der Waals surface area (Å²) in [5, 5.41) is 11.6. The first kappa shape index (κ1) is 16.5. The van der Waals surface area contributed by atoms with Crippen LogP contribution in [0, 0.1) is 0 Å². The molecule has 6 heteroatoms. The number of aromatic nitrogens is 3. The predicted octanol–water partition coefficient (Wildman–Crippen LogP) is 0.855. The summed E-state index contributed by atoms with van der Waals surface area (Å²) >= 11 is 0. The van der Waals surface area contributed by atoms with Crippen molar-refractivity contribution in [2.75, 3.05) is 13.1 Å². The van der Waals surface area contributed by atoms with Gasteiger partial charge in [-0.05, 0) is 12.1 Å². The molecule has 2 heterocycles. The van der Waals surface area contributed by atoms with Gasteiger partial charge in [-0.25, -0.2) is 0 Å². The van der Waals surface area contributed by atoms with E-state index >= 15 is 0 Å². The predicted molar refractivity (Wildman–Crippen MR) is 98.1 cm³/mol. The van der Waals surface area contributed by atoms with Crippen LogP contribution in [-0.4, -0.2) is 40.0 Å². The fourth-order valence-corrected chi connectivity index (χ4v) is 3.41. The van der Waals surface area contributed by atoms with E-state index < -0.39 is 0 Å². The number of likely N-dealkylation sites (tertiary alicyclic amines) is 1. The van der Waals surface area contributed by atoms with E-state index in [4.69, 9.17) is 0 Å². The monoisotopic (exact) mass is 348 g/mol. The van der Waals surface area contributed by atoms with E-state index in [0.717, 1.165) is 31.7 Å². The molecule has 1 saturated heterocycles. The average molecular weight is 348 g/mol. The molecule has 6 nitrogen and oxygen atoms in total. The Morgan fingerprint density at radius 2 is 1.85 bits per heavy atom. The molecule has 2 N–H and O–H groups in total. The number of nitrogens with one attached hydrogen (secondary N) is 2. The quantitative estimate of drug-likeness (QED) is 0.719. The minimum absolute atomic E-state index is 0.154. The Hall–Kier alpha value is -2.99. The van der Waals surface area contributed by atoms with Crippen LogP contribution in [0.1, 0.15) is 22.5 Å². The second-order valence-corrected chi connectivity index (χ2v) is 6.68. The number of rotatable bonds is 5. The van der Waals surface area contributed by atoms with E-state index in [1.165, 1.54) is 21.5 Å². The molecule has 1 amide bonds. The maximum atomic E-state index is 12.5. The van der Waals surface area contributed by atoms with E-state index in [0.29, 0.717) is 5.69 Å². The highest BCUT2D eigenvalue weighted by Gasteiger charge is 2.28. The van der Waals surface area contributed by atoms with Crippen molar-refractivity contribution in [3.05, 3.63) is 78.1 Å². The summed E-state index contributed by atoms with van der Waals surface area (Å²) in [6, 6.07) is 20.2. The molecular formula is C20H22N5O+. The Kier molecular flexibility index (Phi) is 4.75. The number of hydrogen-bond acceptors (Lipinski definition) is 3. The first-order valence-electron chi connectivity index (χ1n) is 8.94. The molecule has 0 spiro atoms. The van der Waals surface area contributed by atoms with Crippen molar-refractivity contribution in [2.24, 2.45) is 0 Å². The normalized spacial score (nSPS) is 19.4. The molecule has 1 fully saturated rings. The Bertz CT molecular complexity index is 862. The summed E-state index contributed by atoms with van der Waals surface area (Å²) < 4.78 is 0. The number of quaternary nitrogens is 1. The maximum Gasteiger partial charge on any atom is 0.273 e. The van der Waals surface area contributed by atoms with Gasteiger partial charge in [0.2, 0.25) is 0 Å². The summed E-state index contributed by atoms with van der Waals surface area (Å²) in [6.45, 7) is 3.00. The number of carbonyl (C=O) groups excluding carboxylic acids is 1. The molecule has 1 aromatic heterocycles. The fourth-order valence-electron chi connectivity index (χ4n) is 3.41. The highest BCUT2D eigenvalue weighted by molar-refractivity contribution is 5.92. The molecule has 3 aromatic rings. The van der Waals surface area contributed by atoms with Crippen LogP contribution in [0.3, 0.4) is 0 Å². The van der Waals surface area contributed by atoms with E-state index in [2.05, 4.69) is 39.8 Å². The van der Waals surface area contributed by atoms with Crippen LogP contribution in [0.25, 0.3) is 5.69 Å². The topological polar surface area (TPSA) is 64.2 Å². The fraction of sp³-hybridized carbons (Fsp3) is 0.250. The van der Waals surface area contributed by atoms with Crippen LogP contribution in [0.2, 0.25) is 0 Å². The Labute approximate surface area is 152 Å². The van der Waals surface area contributed by atoms with Crippen LogP contribution in [-0.2, 0) is 6.54 Å². The lowest BCUT2D eigenvalue weighted by Gasteiger charge is -2.13. The van der Waals surface area contributed by atoms with E-state index in [1.807, 2.05) is 36.4 Å². The number of carbonyl (C=O) groups is 1. The summed E-state index contributed by atoms with van der Waals surface area (Å²) in [7, 11) is 0. The molecule has 2 atom stereocenters. The van der Waals surface area contributed by atoms with E-state index in [-0.39, 0.29) is 11.9 Å². The standard InChI is InChI=1S/C20H21N5O/c26-20(19-13-21-25(23-19)18-9-5-2-6-10-18)22-17-11-12-24(15-17)14-16-7-3-1-4-8-16/h1-10,13,17H,11-12,14-15H2,(H,22,26)/p+1/t17-/m0/s1. The minimum Gasteiger partial charge on any atom is -0.342 e. The third kappa shape index (κ3) is 3.81. The molecule has 1 unspecified atom stereocenters. The number of hydrogen-bond donors (Lipinski definition) is 2. The Morgan fingerprint density at radius 3 is 2.62 bits per heavy atom.